The van der Waals surface area contributed by atoms with Crippen LogP contribution in [0.3, 0.4) is 0 Å². The minimum atomic E-state index is 0.512. The highest BCUT2D eigenvalue weighted by molar-refractivity contribution is 8.03. The van der Waals surface area contributed by atoms with Crippen LogP contribution in [-0.2, 0) is 4.74 Å². The standard InChI is InChI=1S/C22H17N3OS/c1-15(26-22(23-2)16-11-13-24-14-12-16)27-21-17-7-3-5-9-19(17)25-20-10-6-4-8-18(20)21/h3-14H,1H2,2H3/b23-22-. The molecule has 4 rings (SSSR count). The van der Waals surface area contributed by atoms with E-state index in [1.807, 2.05) is 48.5 Å². The number of ether oxygens (including phenoxy) is 1. The fraction of sp³-hybridized carbons (Fsp3) is 0.0455. The van der Waals surface area contributed by atoms with Crippen molar-refractivity contribution in [2.24, 2.45) is 4.99 Å². The molecule has 0 radical (unpaired) electrons. The van der Waals surface area contributed by atoms with Crippen LogP contribution in [0, 0.1) is 0 Å². The first-order valence-electron chi connectivity index (χ1n) is 8.45. The number of benzene rings is 2. The largest absolute Gasteiger partial charge is 0.432 e. The highest BCUT2D eigenvalue weighted by atomic mass is 32.2. The fourth-order valence-corrected chi connectivity index (χ4v) is 3.80. The number of hydrogen-bond acceptors (Lipinski definition) is 5. The average molecular weight is 371 g/mol. The maximum Gasteiger partial charge on any atom is 0.222 e. The summed E-state index contributed by atoms with van der Waals surface area (Å²) in [5, 5.41) is 2.70. The lowest BCUT2D eigenvalue weighted by Gasteiger charge is -2.13. The van der Waals surface area contributed by atoms with E-state index in [0.29, 0.717) is 11.0 Å². The predicted molar refractivity (Wildman–Crippen MR) is 112 cm³/mol. The number of para-hydroxylation sites is 2. The number of pyridine rings is 2. The molecule has 0 aliphatic rings. The average Bonchev–Trinajstić information content (AvgIpc) is 2.72. The third-order valence-electron chi connectivity index (χ3n) is 4.10. The van der Waals surface area contributed by atoms with Gasteiger partial charge in [-0.05, 0) is 30.8 Å². The smallest absolute Gasteiger partial charge is 0.222 e. The first-order valence-corrected chi connectivity index (χ1v) is 9.27. The van der Waals surface area contributed by atoms with Crippen LogP contribution in [0.2, 0.25) is 0 Å². The van der Waals surface area contributed by atoms with Crippen molar-refractivity contribution in [1.29, 1.82) is 0 Å². The van der Waals surface area contributed by atoms with Gasteiger partial charge in [-0.2, -0.15) is 0 Å². The number of hydrogen-bond donors (Lipinski definition) is 0. The van der Waals surface area contributed by atoms with E-state index in [4.69, 9.17) is 9.72 Å². The Morgan fingerprint density at radius 3 is 2.11 bits per heavy atom. The van der Waals surface area contributed by atoms with Gasteiger partial charge in [0.25, 0.3) is 0 Å². The number of nitrogens with zero attached hydrogens (tertiary/aromatic N) is 3. The van der Waals surface area contributed by atoms with Crippen molar-refractivity contribution in [3.05, 3.63) is 90.3 Å². The van der Waals surface area contributed by atoms with Crippen LogP contribution in [-0.4, -0.2) is 22.9 Å². The first-order chi connectivity index (χ1) is 13.3. The Morgan fingerprint density at radius 1 is 0.926 bits per heavy atom. The molecule has 4 nitrogen and oxygen atoms in total. The quantitative estimate of drug-likeness (QED) is 0.158. The van der Waals surface area contributed by atoms with Gasteiger partial charge >= 0.3 is 0 Å². The van der Waals surface area contributed by atoms with Gasteiger partial charge in [-0.25, -0.2) is 4.98 Å². The second-order valence-electron chi connectivity index (χ2n) is 5.82. The van der Waals surface area contributed by atoms with Gasteiger partial charge in [0.05, 0.1) is 11.0 Å². The second kappa shape index (κ2) is 7.60. The van der Waals surface area contributed by atoms with Gasteiger partial charge in [-0.1, -0.05) is 48.2 Å². The zero-order chi connectivity index (χ0) is 18.6. The van der Waals surface area contributed by atoms with E-state index in [0.717, 1.165) is 32.3 Å². The molecule has 2 aromatic carbocycles. The Balaban J connectivity index is 1.71. The Hall–Kier alpha value is -3.18. The Labute approximate surface area is 161 Å². The molecule has 0 amide bonds. The molecule has 132 valence electrons. The summed E-state index contributed by atoms with van der Waals surface area (Å²) in [5.74, 6) is 0.512. The molecule has 0 unspecified atom stereocenters. The zero-order valence-corrected chi connectivity index (χ0v) is 15.6. The number of aromatic nitrogens is 2. The third-order valence-corrected chi connectivity index (χ3v) is 5.05. The molecule has 0 N–H and O–H groups in total. The van der Waals surface area contributed by atoms with Crippen molar-refractivity contribution in [2.45, 2.75) is 4.90 Å². The van der Waals surface area contributed by atoms with Crippen LogP contribution in [0.5, 0.6) is 0 Å². The van der Waals surface area contributed by atoms with Gasteiger partial charge in [0, 0.05) is 40.7 Å². The molecular weight excluding hydrogens is 354 g/mol. The summed E-state index contributed by atoms with van der Waals surface area (Å²) in [7, 11) is 1.70. The van der Waals surface area contributed by atoms with E-state index >= 15 is 0 Å². The van der Waals surface area contributed by atoms with Gasteiger partial charge in [-0.15, -0.1) is 0 Å². The molecule has 0 spiro atoms. The van der Waals surface area contributed by atoms with Crippen LogP contribution in [0.25, 0.3) is 21.8 Å². The van der Waals surface area contributed by atoms with E-state index in [1.54, 1.807) is 19.4 Å². The van der Waals surface area contributed by atoms with E-state index in [9.17, 15) is 0 Å². The first kappa shape index (κ1) is 17.2. The zero-order valence-electron chi connectivity index (χ0n) is 14.8. The number of aliphatic imine (C=N–C) groups is 1. The van der Waals surface area contributed by atoms with Crippen LogP contribution in [0.4, 0.5) is 0 Å². The summed E-state index contributed by atoms with van der Waals surface area (Å²) in [6.45, 7) is 4.10. The third kappa shape index (κ3) is 3.55. The molecular formula is C22H17N3OS. The molecule has 0 fully saturated rings. The minimum absolute atomic E-state index is 0.512. The molecule has 27 heavy (non-hydrogen) atoms. The summed E-state index contributed by atoms with van der Waals surface area (Å²) in [4.78, 5) is 14.1. The van der Waals surface area contributed by atoms with Gasteiger partial charge < -0.3 is 4.74 Å². The van der Waals surface area contributed by atoms with Gasteiger partial charge in [0.15, 0.2) is 5.09 Å². The summed E-state index contributed by atoms with van der Waals surface area (Å²) in [6.07, 6.45) is 3.42. The van der Waals surface area contributed by atoms with E-state index in [1.165, 1.54) is 11.8 Å². The van der Waals surface area contributed by atoms with Crippen LogP contribution < -0.4 is 0 Å². The summed E-state index contributed by atoms with van der Waals surface area (Å²) >= 11 is 1.49. The number of fused-ring (bicyclic) bond motifs is 2. The lowest BCUT2D eigenvalue weighted by atomic mass is 10.1. The normalized spacial score (nSPS) is 11.7. The second-order valence-corrected chi connectivity index (χ2v) is 6.88. The molecule has 0 aliphatic heterocycles. The van der Waals surface area contributed by atoms with Crippen molar-refractivity contribution in [3.63, 3.8) is 0 Å². The molecule has 2 aromatic heterocycles. The topological polar surface area (TPSA) is 47.4 Å². The summed E-state index contributed by atoms with van der Waals surface area (Å²) in [5.41, 5.74) is 2.76. The molecule has 5 heteroatoms. The van der Waals surface area contributed by atoms with Crippen molar-refractivity contribution in [1.82, 2.24) is 9.97 Å². The Kier molecular flexibility index (Phi) is 4.85. The van der Waals surface area contributed by atoms with Crippen LogP contribution in [0.1, 0.15) is 5.56 Å². The highest BCUT2D eigenvalue weighted by Crippen LogP contribution is 2.37. The SMILES string of the molecule is C=C(O/C(=N\C)c1ccncc1)Sc1c2ccccc2nc2ccccc12. The van der Waals surface area contributed by atoms with Crippen molar-refractivity contribution in [3.8, 4) is 0 Å². The molecule has 0 saturated heterocycles. The molecule has 4 aromatic rings. The maximum atomic E-state index is 5.96. The molecule has 0 aliphatic carbocycles. The Bertz CT molecular complexity index is 1100. The van der Waals surface area contributed by atoms with Crippen LogP contribution >= 0.6 is 11.8 Å². The lowest BCUT2D eigenvalue weighted by Crippen LogP contribution is -2.05. The van der Waals surface area contributed by atoms with Gasteiger partial charge in [-0.3, -0.25) is 9.98 Å². The Morgan fingerprint density at radius 2 is 1.52 bits per heavy atom. The highest BCUT2D eigenvalue weighted by Gasteiger charge is 2.13. The maximum absolute atomic E-state index is 5.96. The molecule has 0 bridgehead atoms. The predicted octanol–water partition coefficient (Wildman–Crippen LogP) is 5.44. The lowest BCUT2D eigenvalue weighted by molar-refractivity contribution is 0.459. The number of rotatable bonds is 4. The van der Waals surface area contributed by atoms with Crippen molar-refractivity contribution >= 4 is 39.5 Å². The molecule has 0 saturated carbocycles. The minimum Gasteiger partial charge on any atom is -0.432 e. The van der Waals surface area contributed by atoms with E-state index in [-0.39, 0.29) is 0 Å². The van der Waals surface area contributed by atoms with Gasteiger partial charge in [0.2, 0.25) is 5.90 Å². The monoisotopic (exact) mass is 371 g/mol. The van der Waals surface area contributed by atoms with Crippen molar-refractivity contribution < 1.29 is 4.74 Å². The van der Waals surface area contributed by atoms with Crippen molar-refractivity contribution in [2.75, 3.05) is 7.05 Å². The summed E-state index contributed by atoms with van der Waals surface area (Å²) in [6, 6.07) is 19.9. The van der Waals surface area contributed by atoms with Gasteiger partial charge in [0.1, 0.15) is 0 Å². The van der Waals surface area contributed by atoms with E-state index < -0.39 is 0 Å². The summed E-state index contributed by atoms with van der Waals surface area (Å²) < 4.78 is 5.96. The molecule has 2 heterocycles. The number of thioether (sulfide) groups is 1. The van der Waals surface area contributed by atoms with E-state index in [2.05, 4.69) is 28.7 Å². The van der Waals surface area contributed by atoms with Crippen LogP contribution in [0.15, 0.2) is 94.6 Å². The molecule has 0 atom stereocenters. The fourth-order valence-electron chi connectivity index (χ4n) is 2.88.